The van der Waals surface area contributed by atoms with Crippen LogP contribution in [0.25, 0.3) is 0 Å². The fourth-order valence-corrected chi connectivity index (χ4v) is 2.19. The third-order valence-electron chi connectivity index (χ3n) is 2.70. The number of nitrogens with one attached hydrogen (secondary N) is 1. The fourth-order valence-electron chi connectivity index (χ4n) is 1.66. The minimum absolute atomic E-state index is 0.206. The van der Waals surface area contributed by atoms with Gasteiger partial charge in [0.15, 0.2) is 0 Å². The van der Waals surface area contributed by atoms with Gasteiger partial charge < -0.3 is 10.1 Å². The second-order valence-corrected chi connectivity index (χ2v) is 5.17. The van der Waals surface area contributed by atoms with Gasteiger partial charge in [-0.15, -0.1) is 0 Å². The van der Waals surface area contributed by atoms with Crippen molar-refractivity contribution in [2.24, 2.45) is 0 Å². The largest absolute Gasteiger partial charge is 0.469 e. The number of hydrogen-bond acceptors (Lipinski definition) is 3. The van der Waals surface area contributed by atoms with E-state index in [2.05, 4.69) is 10.1 Å². The smallest absolute Gasteiger partial charge is 0.305 e. The number of carbonyl (C=O) groups is 2. The lowest BCUT2D eigenvalue weighted by Gasteiger charge is -2.06. The lowest BCUT2D eigenvalue weighted by atomic mass is 10.2. The summed E-state index contributed by atoms with van der Waals surface area (Å²) in [4.78, 5) is 22.7. The molecule has 0 saturated heterocycles. The number of rotatable bonds is 7. The molecule has 0 bridgehead atoms. The summed E-state index contributed by atoms with van der Waals surface area (Å²) >= 11 is 11.7. The molecular weight excluding hydrogens is 301 g/mol. The molecule has 4 nitrogen and oxygen atoms in total. The van der Waals surface area contributed by atoms with Crippen molar-refractivity contribution >= 4 is 35.1 Å². The molecule has 0 spiro atoms. The Kier molecular flexibility index (Phi) is 7.41. The van der Waals surface area contributed by atoms with E-state index in [4.69, 9.17) is 23.2 Å². The highest BCUT2D eigenvalue weighted by atomic mass is 35.5. The molecule has 0 atom stereocenters. The van der Waals surface area contributed by atoms with Crippen molar-refractivity contribution in [1.29, 1.82) is 0 Å². The van der Waals surface area contributed by atoms with E-state index in [0.29, 0.717) is 28.6 Å². The van der Waals surface area contributed by atoms with Gasteiger partial charge in [0.05, 0.1) is 7.11 Å². The molecule has 0 aromatic heterocycles. The molecule has 1 rings (SSSR count). The normalized spacial score (nSPS) is 10.2. The molecule has 1 N–H and O–H groups in total. The minimum Gasteiger partial charge on any atom is -0.469 e. The van der Waals surface area contributed by atoms with Crippen LogP contribution in [0.4, 0.5) is 0 Å². The van der Waals surface area contributed by atoms with Crippen LogP contribution in [0, 0.1) is 0 Å². The van der Waals surface area contributed by atoms with Gasteiger partial charge >= 0.3 is 5.97 Å². The highest BCUT2D eigenvalue weighted by Crippen LogP contribution is 2.18. The van der Waals surface area contributed by atoms with Crippen molar-refractivity contribution in [3.05, 3.63) is 33.8 Å². The molecule has 20 heavy (non-hydrogen) atoms. The molecular formula is C14H17Cl2NO3. The maximum Gasteiger partial charge on any atom is 0.305 e. The molecule has 1 amide bonds. The van der Waals surface area contributed by atoms with Crippen molar-refractivity contribution in [3.63, 3.8) is 0 Å². The number of hydrogen-bond donors (Lipinski definition) is 1. The van der Waals surface area contributed by atoms with E-state index in [0.717, 1.165) is 19.3 Å². The summed E-state index contributed by atoms with van der Waals surface area (Å²) in [5.41, 5.74) is 0.442. The standard InChI is InChI=1S/C14H17Cl2NO3/c1-20-13(18)5-3-2-4-6-17-14(19)10-7-11(15)9-12(16)8-10/h7-9H,2-6H2,1H3,(H,17,19). The number of methoxy groups -OCH3 is 1. The molecule has 6 heteroatoms. The Hall–Kier alpha value is -1.26. The van der Waals surface area contributed by atoms with Crippen LogP contribution >= 0.6 is 23.2 Å². The van der Waals surface area contributed by atoms with Crippen molar-refractivity contribution < 1.29 is 14.3 Å². The second kappa shape index (κ2) is 8.82. The van der Waals surface area contributed by atoms with Gasteiger partial charge in [-0.2, -0.15) is 0 Å². The topological polar surface area (TPSA) is 55.4 Å². The van der Waals surface area contributed by atoms with Gasteiger partial charge in [0.2, 0.25) is 0 Å². The zero-order valence-corrected chi connectivity index (χ0v) is 12.8. The third-order valence-corrected chi connectivity index (χ3v) is 3.13. The first-order valence-corrected chi connectivity index (χ1v) is 7.09. The molecule has 0 fully saturated rings. The fraction of sp³-hybridized carbons (Fsp3) is 0.429. The van der Waals surface area contributed by atoms with Gasteiger partial charge in [0.1, 0.15) is 0 Å². The monoisotopic (exact) mass is 317 g/mol. The summed E-state index contributed by atoms with van der Waals surface area (Å²) in [5, 5.41) is 3.65. The van der Waals surface area contributed by atoms with Crippen LogP contribution in [-0.4, -0.2) is 25.5 Å². The number of unbranched alkanes of at least 4 members (excludes halogenated alkanes) is 2. The lowest BCUT2D eigenvalue weighted by Crippen LogP contribution is -2.24. The SMILES string of the molecule is COC(=O)CCCCCNC(=O)c1cc(Cl)cc(Cl)c1. The number of ether oxygens (including phenoxy) is 1. The van der Waals surface area contributed by atoms with Gasteiger partial charge in [-0.1, -0.05) is 29.6 Å². The van der Waals surface area contributed by atoms with Crippen LogP contribution in [0.3, 0.4) is 0 Å². The van der Waals surface area contributed by atoms with E-state index in [1.807, 2.05) is 0 Å². The van der Waals surface area contributed by atoms with Crippen LogP contribution in [0.5, 0.6) is 0 Å². The van der Waals surface area contributed by atoms with Crippen LogP contribution < -0.4 is 5.32 Å². The summed E-state index contributed by atoms with van der Waals surface area (Å²) in [5.74, 6) is -0.412. The molecule has 0 aliphatic carbocycles. The Morgan fingerprint density at radius 2 is 1.75 bits per heavy atom. The first-order valence-electron chi connectivity index (χ1n) is 6.34. The predicted molar refractivity (Wildman–Crippen MR) is 79.3 cm³/mol. The Balaban J connectivity index is 2.25. The van der Waals surface area contributed by atoms with Crippen LogP contribution in [0.1, 0.15) is 36.0 Å². The van der Waals surface area contributed by atoms with E-state index in [1.54, 1.807) is 18.2 Å². The Bertz CT molecular complexity index is 457. The van der Waals surface area contributed by atoms with Crippen molar-refractivity contribution in [2.45, 2.75) is 25.7 Å². The van der Waals surface area contributed by atoms with Crippen LogP contribution in [0.2, 0.25) is 10.0 Å². The van der Waals surface area contributed by atoms with Gasteiger partial charge in [-0.25, -0.2) is 0 Å². The Labute approximate surface area is 128 Å². The average Bonchev–Trinajstić information content (AvgIpc) is 2.40. The maximum absolute atomic E-state index is 11.8. The predicted octanol–water partition coefficient (Wildman–Crippen LogP) is 3.46. The molecule has 0 aliphatic heterocycles. The van der Waals surface area contributed by atoms with Crippen molar-refractivity contribution in [3.8, 4) is 0 Å². The van der Waals surface area contributed by atoms with E-state index in [-0.39, 0.29) is 11.9 Å². The molecule has 0 heterocycles. The van der Waals surface area contributed by atoms with Crippen LogP contribution in [-0.2, 0) is 9.53 Å². The first kappa shape index (κ1) is 16.8. The molecule has 0 saturated carbocycles. The van der Waals surface area contributed by atoms with Gasteiger partial charge in [-0.05, 0) is 31.0 Å². The zero-order chi connectivity index (χ0) is 15.0. The number of amides is 1. The molecule has 0 aliphatic rings. The molecule has 0 unspecified atom stereocenters. The number of esters is 1. The van der Waals surface area contributed by atoms with Gasteiger partial charge in [0.25, 0.3) is 5.91 Å². The Morgan fingerprint density at radius 1 is 1.10 bits per heavy atom. The Morgan fingerprint density at radius 3 is 2.35 bits per heavy atom. The maximum atomic E-state index is 11.8. The van der Waals surface area contributed by atoms with Crippen molar-refractivity contribution in [2.75, 3.05) is 13.7 Å². The van der Waals surface area contributed by atoms with Gasteiger partial charge in [0, 0.05) is 28.6 Å². The summed E-state index contributed by atoms with van der Waals surface area (Å²) in [7, 11) is 1.37. The van der Waals surface area contributed by atoms with Crippen LogP contribution in [0.15, 0.2) is 18.2 Å². The number of carbonyl (C=O) groups excluding carboxylic acids is 2. The quantitative estimate of drug-likeness (QED) is 0.619. The first-order chi connectivity index (χ1) is 9.52. The highest BCUT2D eigenvalue weighted by molar-refractivity contribution is 6.35. The summed E-state index contributed by atoms with van der Waals surface area (Å²) in [6, 6.07) is 4.72. The minimum atomic E-state index is -0.206. The average molecular weight is 318 g/mol. The van der Waals surface area contributed by atoms with Gasteiger partial charge in [-0.3, -0.25) is 9.59 Å². The van der Waals surface area contributed by atoms with E-state index in [9.17, 15) is 9.59 Å². The highest BCUT2D eigenvalue weighted by Gasteiger charge is 2.07. The number of halogens is 2. The molecule has 110 valence electrons. The lowest BCUT2D eigenvalue weighted by molar-refractivity contribution is -0.140. The second-order valence-electron chi connectivity index (χ2n) is 4.30. The molecule has 0 radical (unpaired) electrons. The molecule has 1 aromatic carbocycles. The summed E-state index contributed by atoms with van der Waals surface area (Å²) in [6.45, 7) is 0.546. The van der Waals surface area contributed by atoms with E-state index >= 15 is 0 Å². The van der Waals surface area contributed by atoms with E-state index < -0.39 is 0 Å². The zero-order valence-electron chi connectivity index (χ0n) is 11.2. The van der Waals surface area contributed by atoms with Crippen molar-refractivity contribution in [1.82, 2.24) is 5.32 Å². The third kappa shape index (κ3) is 6.26. The van der Waals surface area contributed by atoms with E-state index in [1.165, 1.54) is 7.11 Å². The number of benzene rings is 1. The molecule has 1 aromatic rings. The summed E-state index contributed by atoms with van der Waals surface area (Å²) < 4.78 is 4.54. The summed E-state index contributed by atoms with van der Waals surface area (Å²) in [6.07, 6.45) is 2.82.